The van der Waals surface area contributed by atoms with Crippen LogP contribution in [0.5, 0.6) is 5.75 Å². The quantitative estimate of drug-likeness (QED) is 0.622. The minimum absolute atomic E-state index is 0.234. The van der Waals surface area contributed by atoms with E-state index in [-0.39, 0.29) is 5.57 Å². The second kappa shape index (κ2) is 6.76. The molecule has 0 aliphatic rings. The molecular formula is C14H15NO3S2. The van der Waals surface area contributed by atoms with Gasteiger partial charge in [-0.25, -0.2) is 9.78 Å². The second-order valence-corrected chi connectivity index (χ2v) is 6.42. The van der Waals surface area contributed by atoms with E-state index < -0.39 is 5.97 Å². The summed E-state index contributed by atoms with van der Waals surface area (Å²) in [5.74, 6) is 0.583. The molecule has 2 rings (SSSR count). The number of ether oxygens (including phenoxy) is 1. The number of hydrogen-bond acceptors (Lipinski definition) is 5. The Hall–Kier alpha value is -1.53. The smallest absolute Gasteiger partial charge is 0.330 e. The number of benzene rings is 1. The highest BCUT2D eigenvalue weighted by Crippen LogP contribution is 2.32. The molecule has 1 N–H and O–H groups in total. The minimum Gasteiger partial charge on any atom is -0.494 e. The van der Waals surface area contributed by atoms with E-state index in [1.165, 1.54) is 0 Å². The number of aromatic nitrogens is 1. The van der Waals surface area contributed by atoms with Gasteiger partial charge >= 0.3 is 5.97 Å². The summed E-state index contributed by atoms with van der Waals surface area (Å²) in [5.41, 5.74) is 1.18. The number of nitrogens with zero attached hydrogens (tertiary/aromatic N) is 1. The lowest BCUT2D eigenvalue weighted by molar-refractivity contribution is -0.132. The number of carbonyl (C=O) groups is 1. The van der Waals surface area contributed by atoms with Crippen molar-refractivity contribution in [1.82, 2.24) is 4.98 Å². The Bertz CT molecular complexity index is 636. The van der Waals surface area contributed by atoms with Gasteiger partial charge in [0, 0.05) is 11.3 Å². The van der Waals surface area contributed by atoms with Crippen LogP contribution in [0.2, 0.25) is 0 Å². The van der Waals surface area contributed by atoms with Gasteiger partial charge in [-0.2, -0.15) is 0 Å². The topological polar surface area (TPSA) is 59.4 Å². The van der Waals surface area contributed by atoms with Gasteiger partial charge in [0.25, 0.3) is 0 Å². The van der Waals surface area contributed by atoms with Crippen molar-refractivity contribution in [2.24, 2.45) is 0 Å². The fraction of sp³-hybridized carbons (Fsp3) is 0.286. The molecule has 1 heterocycles. The maximum absolute atomic E-state index is 10.6. The molecular weight excluding hydrogens is 294 g/mol. The number of fused-ring (bicyclic) bond motifs is 1. The van der Waals surface area contributed by atoms with Crippen molar-refractivity contribution in [3.05, 3.63) is 30.4 Å². The van der Waals surface area contributed by atoms with Gasteiger partial charge in [0.2, 0.25) is 0 Å². The second-order valence-electron chi connectivity index (χ2n) is 4.05. The Morgan fingerprint density at radius 3 is 3.05 bits per heavy atom. The molecule has 4 nitrogen and oxygen atoms in total. The number of thiazole rings is 1. The van der Waals surface area contributed by atoms with Gasteiger partial charge in [-0.05, 0) is 31.5 Å². The molecule has 20 heavy (non-hydrogen) atoms. The maximum atomic E-state index is 10.6. The van der Waals surface area contributed by atoms with Gasteiger partial charge < -0.3 is 9.84 Å². The molecule has 1 aromatic carbocycles. The summed E-state index contributed by atoms with van der Waals surface area (Å²) in [6.45, 7) is 6.11. The molecule has 6 heteroatoms. The Kier molecular flexibility index (Phi) is 5.03. The van der Waals surface area contributed by atoms with Crippen molar-refractivity contribution in [3.63, 3.8) is 0 Å². The summed E-state index contributed by atoms with van der Waals surface area (Å²) in [7, 11) is 0. The van der Waals surface area contributed by atoms with E-state index in [0.717, 1.165) is 20.3 Å². The van der Waals surface area contributed by atoms with Gasteiger partial charge in [0.05, 0.1) is 16.8 Å². The normalized spacial score (nSPS) is 10.7. The predicted molar refractivity (Wildman–Crippen MR) is 82.9 cm³/mol. The number of thioether (sulfide) groups is 1. The van der Waals surface area contributed by atoms with E-state index in [1.54, 1.807) is 23.1 Å². The molecule has 106 valence electrons. The monoisotopic (exact) mass is 309 g/mol. The van der Waals surface area contributed by atoms with E-state index in [1.807, 2.05) is 25.1 Å². The number of hydrogen-bond donors (Lipinski definition) is 1. The molecule has 0 spiro atoms. The van der Waals surface area contributed by atoms with Crippen molar-refractivity contribution < 1.29 is 14.6 Å². The molecule has 0 saturated carbocycles. The van der Waals surface area contributed by atoms with E-state index in [9.17, 15) is 4.79 Å². The van der Waals surface area contributed by atoms with Gasteiger partial charge in [-0.15, -0.1) is 11.3 Å². The first-order valence-corrected chi connectivity index (χ1v) is 7.97. The summed E-state index contributed by atoms with van der Waals surface area (Å²) in [4.78, 5) is 15.2. The van der Waals surface area contributed by atoms with Gasteiger partial charge in [-0.3, -0.25) is 0 Å². The summed E-state index contributed by atoms with van der Waals surface area (Å²) >= 11 is 3.15. The van der Waals surface area contributed by atoms with Crippen LogP contribution < -0.4 is 4.74 Å². The van der Waals surface area contributed by atoms with E-state index in [2.05, 4.69) is 11.6 Å². The SMILES string of the molecule is C=C(CCSc1nc2ccc(OCC)cc2s1)C(=O)O. The highest BCUT2D eigenvalue weighted by atomic mass is 32.2. The third-order valence-electron chi connectivity index (χ3n) is 2.58. The van der Waals surface area contributed by atoms with Crippen molar-refractivity contribution in [2.45, 2.75) is 17.7 Å². The summed E-state index contributed by atoms with van der Waals surface area (Å²) in [6, 6.07) is 5.83. The lowest BCUT2D eigenvalue weighted by Crippen LogP contribution is -1.99. The van der Waals surface area contributed by atoms with Crippen molar-refractivity contribution >= 4 is 39.3 Å². The average molecular weight is 309 g/mol. The predicted octanol–water partition coefficient (Wildman–Crippen LogP) is 3.82. The van der Waals surface area contributed by atoms with Crippen LogP contribution in [-0.4, -0.2) is 28.4 Å². The standard InChI is InChI=1S/C14H15NO3S2/c1-3-18-10-4-5-11-12(8-10)20-14(15-11)19-7-6-9(2)13(16)17/h4-5,8H,2-3,6-7H2,1H3,(H,16,17). The first-order valence-electron chi connectivity index (χ1n) is 6.17. The van der Waals surface area contributed by atoms with Crippen molar-refractivity contribution in [1.29, 1.82) is 0 Å². The molecule has 0 aliphatic heterocycles. The van der Waals surface area contributed by atoms with Crippen LogP contribution in [0.3, 0.4) is 0 Å². The molecule has 0 fully saturated rings. The van der Waals surface area contributed by atoms with Crippen LogP contribution in [0.1, 0.15) is 13.3 Å². The first kappa shape index (κ1) is 14.9. The summed E-state index contributed by atoms with van der Waals surface area (Å²) < 4.78 is 7.47. The van der Waals surface area contributed by atoms with E-state index in [0.29, 0.717) is 18.8 Å². The number of carboxylic acid groups (broad SMARTS) is 1. The van der Waals surface area contributed by atoms with Crippen LogP contribution >= 0.6 is 23.1 Å². The number of rotatable bonds is 7. The van der Waals surface area contributed by atoms with Crippen LogP contribution in [0.25, 0.3) is 10.2 Å². The summed E-state index contributed by atoms with van der Waals surface area (Å²) in [6.07, 6.45) is 0.458. The minimum atomic E-state index is -0.934. The zero-order valence-corrected chi connectivity index (χ0v) is 12.7. The van der Waals surface area contributed by atoms with Crippen LogP contribution in [0, 0.1) is 0 Å². The van der Waals surface area contributed by atoms with Crippen LogP contribution in [0.15, 0.2) is 34.7 Å². The van der Waals surface area contributed by atoms with Gasteiger partial charge in [0.1, 0.15) is 5.75 Å². The molecule has 0 atom stereocenters. The number of carboxylic acids is 1. The van der Waals surface area contributed by atoms with E-state index >= 15 is 0 Å². The lowest BCUT2D eigenvalue weighted by Gasteiger charge is -2.00. The Morgan fingerprint density at radius 1 is 1.55 bits per heavy atom. The van der Waals surface area contributed by atoms with Crippen molar-refractivity contribution in [2.75, 3.05) is 12.4 Å². The Labute approximate surface area is 125 Å². The molecule has 0 saturated heterocycles. The Balaban J connectivity index is 2.01. The highest BCUT2D eigenvalue weighted by molar-refractivity contribution is 8.01. The van der Waals surface area contributed by atoms with Gasteiger partial charge in [0.15, 0.2) is 4.34 Å². The number of aliphatic carboxylic acids is 1. The third kappa shape index (κ3) is 3.74. The third-order valence-corrected chi connectivity index (χ3v) is 4.75. The molecule has 1 aromatic heterocycles. The Morgan fingerprint density at radius 2 is 2.35 bits per heavy atom. The fourth-order valence-corrected chi connectivity index (χ4v) is 3.74. The van der Waals surface area contributed by atoms with Gasteiger partial charge in [-0.1, -0.05) is 18.3 Å². The highest BCUT2D eigenvalue weighted by Gasteiger charge is 2.08. The van der Waals surface area contributed by atoms with Crippen LogP contribution in [0.4, 0.5) is 0 Å². The van der Waals surface area contributed by atoms with E-state index in [4.69, 9.17) is 9.84 Å². The largest absolute Gasteiger partial charge is 0.494 e. The zero-order valence-electron chi connectivity index (χ0n) is 11.1. The molecule has 0 radical (unpaired) electrons. The van der Waals surface area contributed by atoms with Crippen molar-refractivity contribution in [3.8, 4) is 5.75 Å². The molecule has 0 unspecified atom stereocenters. The molecule has 2 aromatic rings. The van der Waals surface area contributed by atoms with Crippen LogP contribution in [-0.2, 0) is 4.79 Å². The first-order chi connectivity index (χ1) is 9.60. The molecule has 0 aliphatic carbocycles. The molecule has 0 bridgehead atoms. The zero-order chi connectivity index (χ0) is 14.5. The fourth-order valence-electron chi connectivity index (χ4n) is 1.57. The lowest BCUT2D eigenvalue weighted by atomic mass is 10.2. The summed E-state index contributed by atoms with van der Waals surface area (Å²) in [5, 5.41) is 8.74. The average Bonchev–Trinajstić information content (AvgIpc) is 2.80. The molecule has 0 amide bonds. The maximum Gasteiger partial charge on any atom is 0.330 e.